The number of aromatic nitrogens is 6. The van der Waals surface area contributed by atoms with Gasteiger partial charge in [-0.25, -0.2) is 19.3 Å². The zero-order valence-corrected chi connectivity index (χ0v) is 20.7. The molecule has 0 amide bonds. The molecule has 1 saturated carbocycles. The van der Waals surface area contributed by atoms with Gasteiger partial charge in [0.05, 0.1) is 30.5 Å². The van der Waals surface area contributed by atoms with Crippen LogP contribution in [0.5, 0.6) is 5.75 Å². The highest BCUT2D eigenvalue weighted by Gasteiger charge is 2.27. The van der Waals surface area contributed by atoms with Gasteiger partial charge in [-0.05, 0) is 51.7 Å². The Morgan fingerprint density at radius 3 is 2.56 bits per heavy atom. The molecule has 0 aliphatic heterocycles. The van der Waals surface area contributed by atoms with E-state index in [9.17, 15) is 5.11 Å². The molecule has 1 aliphatic rings. The number of aliphatic hydroxyl groups excluding tert-OH is 1. The third-order valence-corrected chi connectivity index (χ3v) is 6.41. The summed E-state index contributed by atoms with van der Waals surface area (Å²) in [6, 6.07) is 11.2. The fourth-order valence-electron chi connectivity index (χ4n) is 4.46. The van der Waals surface area contributed by atoms with Crippen LogP contribution in [0.2, 0.25) is 0 Å². The molecular weight excluding hydrogens is 456 g/mol. The van der Waals surface area contributed by atoms with E-state index < -0.39 is 6.10 Å². The van der Waals surface area contributed by atoms with E-state index in [1.807, 2.05) is 30.7 Å². The molecule has 1 fully saturated rings. The number of hydrogen-bond acceptors (Lipinski definition) is 8. The third-order valence-electron chi connectivity index (χ3n) is 6.41. The molecule has 3 aromatic heterocycles. The van der Waals surface area contributed by atoms with Crippen molar-refractivity contribution < 1.29 is 9.84 Å². The molecule has 184 valence electrons. The van der Waals surface area contributed by atoms with Crippen molar-refractivity contribution in [2.45, 2.75) is 46.3 Å². The van der Waals surface area contributed by atoms with Crippen LogP contribution in [0.3, 0.4) is 0 Å². The predicted octanol–water partition coefficient (Wildman–Crippen LogP) is 4.23. The van der Waals surface area contributed by atoms with Crippen molar-refractivity contribution in [1.82, 2.24) is 29.5 Å². The molecular formula is C26H28N8O2. The van der Waals surface area contributed by atoms with Crippen LogP contribution in [0.15, 0.2) is 36.7 Å². The predicted molar refractivity (Wildman–Crippen MR) is 134 cm³/mol. The maximum absolute atomic E-state index is 10.1. The van der Waals surface area contributed by atoms with Crippen LogP contribution in [0.25, 0.3) is 17.1 Å². The molecule has 5 rings (SSSR count). The minimum Gasteiger partial charge on any atom is -0.491 e. The number of methoxy groups -OCH3 is 1. The molecule has 36 heavy (non-hydrogen) atoms. The highest BCUT2D eigenvalue weighted by molar-refractivity contribution is 5.76. The fourth-order valence-corrected chi connectivity index (χ4v) is 4.46. The van der Waals surface area contributed by atoms with Gasteiger partial charge < -0.3 is 15.2 Å². The van der Waals surface area contributed by atoms with Crippen molar-refractivity contribution in [3.8, 4) is 28.9 Å². The van der Waals surface area contributed by atoms with E-state index in [2.05, 4.69) is 26.5 Å². The Morgan fingerprint density at radius 2 is 1.94 bits per heavy atom. The highest BCUT2D eigenvalue weighted by atomic mass is 16.5. The first-order valence-corrected chi connectivity index (χ1v) is 11.9. The van der Waals surface area contributed by atoms with Crippen molar-refractivity contribution in [3.05, 3.63) is 59.2 Å². The zero-order valence-electron chi connectivity index (χ0n) is 20.7. The Bertz CT molecular complexity index is 1440. The first-order valence-electron chi connectivity index (χ1n) is 11.9. The average molecular weight is 485 g/mol. The van der Waals surface area contributed by atoms with Crippen LogP contribution >= 0.6 is 0 Å². The SMILES string of the molecule is COc1c(-c2ccc(C#N)cc2)nn(CC2CC2)c1Nc1cc(-n2nc(C)c(C(C)O)c2C)ncn1. The molecule has 10 nitrogen and oxygen atoms in total. The Labute approximate surface area is 209 Å². The van der Waals surface area contributed by atoms with E-state index in [-0.39, 0.29) is 0 Å². The monoisotopic (exact) mass is 484 g/mol. The topological polar surface area (TPSA) is 127 Å². The van der Waals surface area contributed by atoms with E-state index in [1.54, 1.807) is 36.9 Å². The van der Waals surface area contributed by atoms with Gasteiger partial charge in [0, 0.05) is 29.4 Å². The van der Waals surface area contributed by atoms with Gasteiger partial charge in [0.25, 0.3) is 0 Å². The third kappa shape index (κ3) is 4.41. The van der Waals surface area contributed by atoms with Gasteiger partial charge in [-0.1, -0.05) is 12.1 Å². The van der Waals surface area contributed by atoms with Crippen molar-refractivity contribution in [1.29, 1.82) is 5.26 Å². The molecule has 0 spiro atoms. The maximum Gasteiger partial charge on any atom is 0.189 e. The van der Waals surface area contributed by atoms with E-state index >= 15 is 0 Å². The van der Waals surface area contributed by atoms with Crippen LogP contribution in [-0.2, 0) is 6.54 Å². The van der Waals surface area contributed by atoms with Gasteiger partial charge in [-0.15, -0.1) is 0 Å². The number of ether oxygens (including phenoxy) is 1. The van der Waals surface area contributed by atoms with E-state index in [0.29, 0.717) is 40.4 Å². The molecule has 0 radical (unpaired) electrons. The second-order valence-electron chi connectivity index (χ2n) is 9.10. The average Bonchev–Trinajstić information content (AvgIpc) is 3.55. The Morgan fingerprint density at radius 1 is 1.19 bits per heavy atom. The van der Waals surface area contributed by atoms with E-state index in [4.69, 9.17) is 15.1 Å². The summed E-state index contributed by atoms with van der Waals surface area (Å²) in [5.74, 6) is 3.03. The molecule has 1 aliphatic carbocycles. The minimum atomic E-state index is -0.625. The minimum absolute atomic E-state index is 0.563. The van der Waals surface area contributed by atoms with Gasteiger partial charge in [-0.2, -0.15) is 15.5 Å². The van der Waals surface area contributed by atoms with Crippen LogP contribution < -0.4 is 10.1 Å². The molecule has 4 aromatic rings. The molecule has 10 heteroatoms. The summed E-state index contributed by atoms with van der Waals surface area (Å²) in [6.07, 6.45) is 3.20. The summed E-state index contributed by atoms with van der Waals surface area (Å²) in [6.45, 7) is 6.28. The van der Waals surface area contributed by atoms with Crippen molar-refractivity contribution in [3.63, 3.8) is 0 Å². The van der Waals surface area contributed by atoms with Gasteiger partial charge in [-0.3, -0.25) is 0 Å². The standard InChI is InChI=1S/C26H28N8O2/c1-15-23(17(3)35)16(2)34(31-15)22-11-21(28-14-29-22)30-26-25(36-4)24(32-33(26)13-19-5-6-19)20-9-7-18(12-27)8-10-20/h7-11,14,17,19,35H,5-6,13H2,1-4H3,(H,28,29,30). The fraction of sp³-hybridized carbons (Fsp3) is 0.346. The zero-order chi connectivity index (χ0) is 25.4. The smallest absolute Gasteiger partial charge is 0.189 e. The quantitative estimate of drug-likeness (QED) is 0.380. The maximum atomic E-state index is 10.1. The number of nitrogens with zero attached hydrogens (tertiary/aromatic N) is 7. The Kier molecular flexibility index (Phi) is 6.16. The summed E-state index contributed by atoms with van der Waals surface area (Å²) in [5, 5.41) is 32.1. The summed E-state index contributed by atoms with van der Waals surface area (Å²) in [7, 11) is 1.62. The summed E-state index contributed by atoms with van der Waals surface area (Å²) in [5.41, 5.74) is 4.52. The lowest BCUT2D eigenvalue weighted by Gasteiger charge is -2.12. The summed E-state index contributed by atoms with van der Waals surface area (Å²) < 4.78 is 9.47. The molecule has 1 unspecified atom stereocenters. The first kappa shape index (κ1) is 23.5. The molecule has 2 N–H and O–H groups in total. The van der Waals surface area contributed by atoms with Gasteiger partial charge in [0.1, 0.15) is 17.8 Å². The number of benzene rings is 1. The Hall–Kier alpha value is -4.23. The van der Waals surface area contributed by atoms with Crippen molar-refractivity contribution in [2.75, 3.05) is 12.4 Å². The number of aryl methyl sites for hydroxylation is 1. The molecule has 3 heterocycles. The number of rotatable bonds is 8. The lowest BCUT2D eigenvalue weighted by Crippen LogP contribution is -2.09. The number of nitrogens with one attached hydrogen (secondary N) is 1. The summed E-state index contributed by atoms with van der Waals surface area (Å²) in [4.78, 5) is 8.83. The number of aliphatic hydroxyl groups is 1. The second kappa shape index (κ2) is 9.43. The number of nitriles is 1. The molecule has 1 aromatic carbocycles. The largest absolute Gasteiger partial charge is 0.491 e. The summed E-state index contributed by atoms with van der Waals surface area (Å²) >= 11 is 0. The van der Waals surface area contributed by atoms with E-state index in [0.717, 1.165) is 29.1 Å². The molecule has 0 bridgehead atoms. The first-order chi connectivity index (χ1) is 17.4. The normalized spacial score (nSPS) is 13.9. The second-order valence-corrected chi connectivity index (χ2v) is 9.10. The van der Waals surface area contributed by atoms with Crippen LogP contribution in [0.1, 0.15) is 48.4 Å². The molecule has 1 atom stereocenters. The van der Waals surface area contributed by atoms with Gasteiger partial charge in [0.2, 0.25) is 0 Å². The van der Waals surface area contributed by atoms with E-state index in [1.165, 1.54) is 19.2 Å². The lowest BCUT2D eigenvalue weighted by atomic mass is 10.1. The van der Waals surface area contributed by atoms with Crippen molar-refractivity contribution in [2.24, 2.45) is 5.92 Å². The van der Waals surface area contributed by atoms with Crippen molar-refractivity contribution >= 4 is 11.6 Å². The Balaban J connectivity index is 1.54. The van der Waals surface area contributed by atoms with Crippen LogP contribution in [-0.4, -0.2) is 41.7 Å². The van der Waals surface area contributed by atoms with Crippen LogP contribution in [0, 0.1) is 31.1 Å². The van der Waals surface area contributed by atoms with Gasteiger partial charge >= 0.3 is 0 Å². The number of hydrogen-bond donors (Lipinski definition) is 2. The van der Waals surface area contributed by atoms with Gasteiger partial charge in [0.15, 0.2) is 17.4 Å². The molecule has 0 saturated heterocycles. The highest BCUT2D eigenvalue weighted by Crippen LogP contribution is 2.40. The van der Waals surface area contributed by atoms with Crippen LogP contribution in [0.4, 0.5) is 11.6 Å². The lowest BCUT2D eigenvalue weighted by molar-refractivity contribution is 0.197. The number of anilines is 2.